The van der Waals surface area contributed by atoms with Crippen molar-refractivity contribution in [2.24, 2.45) is 5.92 Å². The molecule has 7 heteroatoms. The third-order valence-corrected chi connectivity index (χ3v) is 3.98. The normalized spacial score (nSPS) is 14.2. The zero-order valence-electron chi connectivity index (χ0n) is 10.8. The molecule has 104 valence electrons. The van der Waals surface area contributed by atoms with Gasteiger partial charge in [0.1, 0.15) is 10.8 Å². The van der Waals surface area contributed by atoms with E-state index in [0.717, 1.165) is 5.69 Å². The van der Waals surface area contributed by atoms with E-state index in [2.05, 4.69) is 36.3 Å². The van der Waals surface area contributed by atoms with Crippen LogP contribution in [0, 0.1) is 5.92 Å². The quantitative estimate of drug-likeness (QED) is 0.902. The molecule has 0 amide bonds. The van der Waals surface area contributed by atoms with E-state index in [4.69, 9.17) is 0 Å². The van der Waals surface area contributed by atoms with Crippen molar-refractivity contribution >= 4 is 21.6 Å². The van der Waals surface area contributed by atoms with Crippen molar-refractivity contribution < 1.29 is 0 Å². The lowest BCUT2D eigenvalue weighted by Gasteiger charge is -2.09. The third kappa shape index (κ3) is 3.04. The molecule has 1 saturated carbocycles. The van der Waals surface area contributed by atoms with E-state index in [0.29, 0.717) is 29.2 Å². The molecule has 1 aliphatic rings. The van der Waals surface area contributed by atoms with Gasteiger partial charge in [-0.1, -0.05) is 0 Å². The summed E-state index contributed by atoms with van der Waals surface area (Å²) in [6.07, 6.45) is 7.25. The van der Waals surface area contributed by atoms with Crippen LogP contribution in [-0.4, -0.2) is 19.7 Å². The summed E-state index contributed by atoms with van der Waals surface area (Å²) >= 11 is 3.35. The minimum atomic E-state index is -0.0930. The Morgan fingerprint density at radius 2 is 2.30 bits per heavy atom. The lowest BCUT2D eigenvalue weighted by molar-refractivity contribution is 0.532. The Hall–Kier alpha value is -1.76. The van der Waals surface area contributed by atoms with Gasteiger partial charge in [0.25, 0.3) is 5.56 Å². The topological polar surface area (TPSA) is 72.7 Å². The highest BCUT2D eigenvalue weighted by Crippen LogP contribution is 2.30. The van der Waals surface area contributed by atoms with Crippen LogP contribution in [0.5, 0.6) is 0 Å². The largest absolute Gasteiger partial charge is 0.377 e. The lowest BCUT2D eigenvalue weighted by atomic mass is 10.3. The number of hydrogen-bond acceptors (Lipinski definition) is 5. The second-order valence-corrected chi connectivity index (χ2v) is 5.65. The zero-order valence-corrected chi connectivity index (χ0v) is 12.4. The third-order valence-electron chi connectivity index (χ3n) is 3.22. The highest BCUT2D eigenvalue weighted by molar-refractivity contribution is 9.10. The second kappa shape index (κ2) is 5.70. The number of nitrogens with one attached hydrogen (secondary N) is 1. The van der Waals surface area contributed by atoms with Crippen LogP contribution < -0.4 is 10.9 Å². The molecule has 0 spiro atoms. The first kappa shape index (κ1) is 13.2. The molecule has 1 fully saturated rings. The van der Waals surface area contributed by atoms with E-state index in [1.807, 2.05) is 6.07 Å². The SMILES string of the molecule is O=c1c(Br)c(NCc2ccncn2)cnn1CC1CC1. The van der Waals surface area contributed by atoms with Gasteiger partial charge in [0.05, 0.1) is 24.1 Å². The van der Waals surface area contributed by atoms with Gasteiger partial charge in [0.15, 0.2) is 0 Å². The molecule has 1 N–H and O–H groups in total. The molecule has 0 saturated heterocycles. The van der Waals surface area contributed by atoms with Crippen molar-refractivity contribution in [3.63, 3.8) is 0 Å². The summed E-state index contributed by atoms with van der Waals surface area (Å²) in [5.41, 5.74) is 1.44. The molecule has 6 nitrogen and oxygen atoms in total. The number of nitrogens with zero attached hydrogens (tertiary/aromatic N) is 4. The summed E-state index contributed by atoms with van der Waals surface area (Å²) in [5.74, 6) is 0.618. The maximum atomic E-state index is 12.2. The Morgan fingerprint density at radius 3 is 3.00 bits per heavy atom. The summed E-state index contributed by atoms with van der Waals surface area (Å²) in [6, 6.07) is 1.82. The summed E-state index contributed by atoms with van der Waals surface area (Å²) < 4.78 is 2.04. The zero-order chi connectivity index (χ0) is 13.9. The molecular formula is C13H14BrN5O. The molecule has 0 radical (unpaired) electrons. The molecule has 2 aromatic heterocycles. The van der Waals surface area contributed by atoms with Crippen LogP contribution in [0.4, 0.5) is 5.69 Å². The van der Waals surface area contributed by atoms with Crippen molar-refractivity contribution in [1.82, 2.24) is 19.7 Å². The first-order valence-corrected chi connectivity index (χ1v) is 7.27. The Labute approximate surface area is 124 Å². The Kier molecular flexibility index (Phi) is 3.77. The summed E-state index contributed by atoms with van der Waals surface area (Å²) in [7, 11) is 0. The van der Waals surface area contributed by atoms with Gasteiger partial charge >= 0.3 is 0 Å². The van der Waals surface area contributed by atoms with E-state index in [1.165, 1.54) is 23.9 Å². The molecular weight excluding hydrogens is 322 g/mol. The van der Waals surface area contributed by atoms with Crippen LogP contribution in [0.1, 0.15) is 18.5 Å². The van der Waals surface area contributed by atoms with E-state index < -0.39 is 0 Å². The molecule has 0 bridgehead atoms. The monoisotopic (exact) mass is 335 g/mol. The highest BCUT2D eigenvalue weighted by Gasteiger charge is 2.23. The van der Waals surface area contributed by atoms with E-state index in [9.17, 15) is 4.79 Å². The van der Waals surface area contributed by atoms with E-state index in [-0.39, 0.29) is 5.56 Å². The number of anilines is 1. The van der Waals surface area contributed by atoms with Gasteiger partial charge in [0.2, 0.25) is 0 Å². The van der Waals surface area contributed by atoms with Gasteiger partial charge in [-0.3, -0.25) is 4.79 Å². The van der Waals surface area contributed by atoms with Crippen LogP contribution in [0.3, 0.4) is 0 Å². The fraction of sp³-hybridized carbons (Fsp3) is 0.385. The van der Waals surface area contributed by atoms with Crippen molar-refractivity contribution in [1.29, 1.82) is 0 Å². The fourth-order valence-corrected chi connectivity index (χ4v) is 2.32. The Bertz CT molecular complexity index is 654. The first-order valence-electron chi connectivity index (χ1n) is 6.48. The molecule has 20 heavy (non-hydrogen) atoms. The number of halogens is 1. The van der Waals surface area contributed by atoms with E-state index >= 15 is 0 Å². The minimum absolute atomic E-state index is 0.0930. The predicted molar refractivity (Wildman–Crippen MR) is 78.3 cm³/mol. The summed E-state index contributed by atoms with van der Waals surface area (Å²) in [4.78, 5) is 20.1. The molecule has 0 unspecified atom stereocenters. The average Bonchev–Trinajstić information content (AvgIpc) is 3.28. The fourth-order valence-electron chi connectivity index (χ4n) is 1.87. The van der Waals surface area contributed by atoms with Gasteiger partial charge in [-0.2, -0.15) is 5.10 Å². The van der Waals surface area contributed by atoms with Crippen LogP contribution in [-0.2, 0) is 13.1 Å². The standard InChI is InChI=1S/C13H14BrN5O/c14-12-11(16-5-10-3-4-15-8-17-10)6-18-19(13(12)20)7-9-1-2-9/h3-4,6,8-9,16H,1-2,5,7H2. The van der Waals surface area contributed by atoms with Gasteiger partial charge in [0, 0.05) is 12.7 Å². The molecule has 0 atom stereocenters. The van der Waals surface area contributed by atoms with Crippen LogP contribution in [0.15, 0.2) is 34.1 Å². The minimum Gasteiger partial charge on any atom is -0.377 e. The molecule has 0 aliphatic heterocycles. The van der Waals surface area contributed by atoms with Gasteiger partial charge < -0.3 is 5.32 Å². The van der Waals surface area contributed by atoms with Crippen molar-refractivity contribution in [2.45, 2.75) is 25.9 Å². The average molecular weight is 336 g/mol. The van der Waals surface area contributed by atoms with Crippen molar-refractivity contribution in [2.75, 3.05) is 5.32 Å². The lowest BCUT2D eigenvalue weighted by Crippen LogP contribution is -2.25. The van der Waals surface area contributed by atoms with Crippen molar-refractivity contribution in [3.8, 4) is 0 Å². The molecule has 2 heterocycles. The maximum absolute atomic E-state index is 12.2. The molecule has 0 aromatic carbocycles. The summed E-state index contributed by atoms with van der Waals surface area (Å²) in [5, 5.41) is 7.36. The Balaban J connectivity index is 1.73. The van der Waals surface area contributed by atoms with Gasteiger partial charge in [-0.25, -0.2) is 14.6 Å². The van der Waals surface area contributed by atoms with Gasteiger partial charge in [-0.05, 0) is 40.8 Å². The van der Waals surface area contributed by atoms with Crippen LogP contribution in [0.25, 0.3) is 0 Å². The maximum Gasteiger partial charge on any atom is 0.283 e. The number of rotatable bonds is 5. The van der Waals surface area contributed by atoms with E-state index in [1.54, 1.807) is 12.4 Å². The Morgan fingerprint density at radius 1 is 1.45 bits per heavy atom. The first-order chi connectivity index (χ1) is 9.74. The van der Waals surface area contributed by atoms with Crippen LogP contribution >= 0.6 is 15.9 Å². The highest BCUT2D eigenvalue weighted by atomic mass is 79.9. The van der Waals surface area contributed by atoms with Gasteiger partial charge in [-0.15, -0.1) is 0 Å². The predicted octanol–water partition coefficient (Wildman–Crippen LogP) is 1.82. The smallest absolute Gasteiger partial charge is 0.283 e. The molecule has 1 aliphatic carbocycles. The second-order valence-electron chi connectivity index (χ2n) is 4.86. The number of hydrogen-bond donors (Lipinski definition) is 1. The van der Waals surface area contributed by atoms with Crippen LogP contribution in [0.2, 0.25) is 0 Å². The summed E-state index contributed by atoms with van der Waals surface area (Å²) in [6.45, 7) is 1.23. The molecule has 3 rings (SSSR count). The number of aromatic nitrogens is 4. The van der Waals surface area contributed by atoms with Crippen molar-refractivity contribution in [3.05, 3.63) is 45.3 Å². The molecule has 2 aromatic rings.